The van der Waals surface area contributed by atoms with Crippen LogP contribution in [0.5, 0.6) is 5.75 Å². The van der Waals surface area contributed by atoms with E-state index in [1.165, 1.54) is 13.1 Å². The largest absolute Gasteiger partial charge is 0.426 e. The number of esters is 1. The van der Waals surface area contributed by atoms with Crippen LogP contribution in [0.25, 0.3) is 10.9 Å². The van der Waals surface area contributed by atoms with Crippen LogP contribution in [0.1, 0.15) is 31.3 Å². The van der Waals surface area contributed by atoms with Gasteiger partial charge in [-0.15, -0.1) is 0 Å². The first-order valence-corrected chi connectivity index (χ1v) is 7.08. The summed E-state index contributed by atoms with van der Waals surface area (Å²) in [6, 6.07) is 5.02. The van der Waals surface area contributed by atoms with Crippen molar-refractivity contribution in [3.05, 3.63) is 30.0 Å². The summed E-state index contributed by atoms with van der Waals surface area (Å²) >= 11 is 0. The van der Waals surface area contributed by atoms with Crippen molar-refractivity contribution >= 4 is 16.9 Å². The molecule has 0 amide bonds. The number of hydrogen-bond acceptors (Lipinski definition) is 2. The topological polar surface area (TPSA) is 42.1 Å². The maximum absolute atomic E-state index is 11.4. The number of rotatable bonds is 6. The van der Waals surface area contributed by atoms with Crippen molar-refractivity contribution in [1.82, 2.24) is 4.98 Å². The Morgan fingerprint density at radius 3 is 2.86 bits per heavy atom. The molecule has 0 saturated carbocycles. The van der Waals surface area contributed by atoms with Crippen molar-refractivity contribution < 1.29 is 19.5 Å². The summed E-state index contributed by atoms with van der Waals surface area (Å²) in [7, 11) is 3.37. The summed E-state index contributed by atoms with van der Waals surface area (Å²) in [4.78, 5) is 14.3. The van der Waals surface area contributed by atoms with Crippen molar-refractivity contribution in [1.29, 1.82) is 0 Å². The number of carbonyl (C=O) groups excluding carboxylic acids is 1. The molecule has 0 aliphatic carbocycles. The average molecular weight is 293 g/mol. The molecule has 1 N–H and O–H groups in total. The highest BCUT2D eigenvalue weighted by atomic mass is 16.5. The minimum Gasteiger partial charge on any atom is -0.426 e. The minimum atomic E-state index is -2.31. The zero-order chi connectivity index (χ0) is 19.0. The molecule has 2 rings (SSSR count). The number of nitrogens with one attached hydrogen (secondary N) is 1. The van der Waals surface area contributed by atoms with E-state index in [2.05, 4.69) is 4.98 Å². The molecular formula is C17H25N2O2+. The third-order valence-electron chi connectivity index (χ3n) is 3.20. The number of benzene rings is 1. The zero-order valence-corrected chi connectivity index (χ0v) is 13.0. The van der Waals surface area contributed by atoms with Gasteiger partial charge in [0.2, 0.25) is 0 Å². The number of aromatic amines is 1. The molecule has 0 aliphatic heterocycles. The predicted molar refractivity (Wildman–Crippen MR) is 85.4 cm³/mol. The number of carbonyl (C=O) groups is 1. The van der Waals surface area contributed by atoms with Crippen LogP contribution in [0.4, 0.5) is 0 Å². The molecule has 0 bridgehead atoms. The fourth-order valence-electron chi connectivity index (χ4n) is 2.32. The van der Waals surface area contributed by atoms with Gasteiger partial charge >= 0.3 is 5.97 Å². The van der Waals surface area contributed by atoms with E-state index in [1.54, 1.807) is 32.3 Å². The van der Waals surface area contributed by atoms with Crippen molar-refractivity contribution in [2.75, 3.05) is 27.1 Å². The third kappa shape index (κ3) is 3.85. The molecule has 1 aromatic heterocycles. The maximum Gasteiger partial charge on any atom is 0.308 e. The van der Waals surface area contributed by atoms with Gasteiger partial charge in [-0.3, -0.25) is 4.79 Å². The number of aryl methyl sites for hydroxylation is 1. The lowest BCUT2D eigenvalue weighted by Crippen LogP contribution is -2.41. The summed E-state index contributed by atoms with van der Waals surface area (Å²) in [6.07, 6.45) is -0.114. The Hall–Kier alpha value is -1.81. The Bertz CT molecular complexity index is 784. The highest BCUT2D eigenvalue weighted by Gasteiger charge is 2.17. The van der Waals surface area contributed by atoms with Gasteiger partial charge in [-0.05, 0) is 24.1 Å². The molecule has 0 unspecified atom stereocenters. The first-order chi connectivity index (χ1) is 11.5. The third-order valence-corrected chi connectivity index (χ3v) is 3.20. The standard InChI is InChI=1S/C17H25N2O2/c1-5-10-19(3,4)11-9-14-12-18-15-7-6-8-16(17(14)15)21-13(2)20/h6-8,12,18H,5,9-11H2,1-4H3/q+1/i9D2,11D2. The van der Waals surface area contributed by atoms with E-state index >= 15 is 0 Å². The van der Waals surface area contributed by atoms with Crippen LogP contribution in [-0.2, 0) is 11.2 Å². The number of H-pyrrole nitrogens is 1. The number of fused-ring (bicyclic) bond motifs is 1. The van der Waals surface area contributed by atoms with Gasteiger partial charge in [0.05, 0.1) is 29.9 Å². The van der Waals surface area contributed by atoms with Gasteiger partial charge in [0.15, 0.2) is 0 Å². The second kappa shape index (κ2) is 6.31. The number of aromatic nitrogens is 1. The fraction of sp³-hybridized carbons (Fsp3) is 0.471. The van der Waals surface area contributed by atoms with Gasteiger partial charge in [0.1, 0.15) is 5.75 Å². The molecule has 0 fully saturated rings. The smallest absolute Gasteiger partial charge is 0.308 e. The molecule has 0 aliphatic rings. The maximum atomic E-state index is 11.4. The second-order valence-electron chi connectivity index (χ2n) is 5.62. The summed E-state index contributed by atoms with van der Waals surface area (Å²) in [5, 5.41) is 0.392. The van der Waals surface area contributed by atoms with E-state index < -0.39 is 18.8 Å². The fourth-order valence-corrected chi connectivity index (χ4v) is 2.32. The Kier molecular flexibility index (Phi) is 3.26. The molecule has 1 heterocycles. The molecule has 0 spiro atoms. The first-order valence-electron chi connectivity index (χ1n) is 9.08. The summed E-state index contributed by atoms with van der Waals surface area (Å²) < 4.78 is 39.4. The van der Waals surface area contributed by atoms with E-state index in [0.29, 0.717) is 17.4 Å². The molecular weight excluding hydrogens is 264 g/mol. The lowest BCUT2D eigenvalue weighted by Gasteiger charge is -2.29. The molecule has 21 heavy (non-hydrogen) atoms. The Morgan fingerprint density at radius 2 is 2.19 bits per heavy atom. The van der Waals surface area contributed by atoms with Crippen LogP contribution in [-0.4, -0.2) is 42.6 Å². The summed E-state index contributed by atoms with van der Waals surface area (Å²) in [5.41, 5.74) is 0.737. The number of ether oxygens (including phenoxy) is 1. The summed E-state index contributed by atoms with van der Waals surface area (Å²) in [5.74, 6) is -0.285. The highest BCUT2D eigenvalue weighted by Crippen LogP contribution is 2.29. The second-order valence-corrected chi connectivity index (χ2v) is 5.62. The molecule has 4 heteroatoms. The van der Waals surface area contributed by atoms with Gasteiger partial charge in [-0.2, -0.15) is 0 Å². The first kappa shape index (κ1) is 10.9. The van der Waals surface area contributed by atoms with Gasteiger partial charge in [0.25, 0.3) is 0 Å². The quantitative estimate of drug-likeness (QED) is 0.505. The van der Waals surface area contributed by atoms with Crippen LogP contribution >= 0.6 is 0 Å². The van der Waals surface area contributed by atoms with Crippen molar-refractivity contribution in [2.24, 2.45) is 0 Å². The van der Waals surface area contributed by atoms with Crippen LogP contribution in [0.2, 0.25) is 0 Å². The van der Waals surface area contributed by atoms with Gasteiger partial charge in [0, 0.05) is 33.1 Å². The van der Waals surface area contributed by atoms with E-state index in [1.807, 2.05) is 6.92 Å². The van der Waals surface area contributed by atoms with Crippen molar-refractivity contribution in [3.8, 4) is 5.75 Å². The SMILES string of the molecule is [2H]C([2H])(c1c[nH]c2cccc(OC(C)=O)c12)C([2H])([2H])[N+](C)(C)CCC. The predicted octanol–water partition coefficient (Wildman–Crippen LogP) is 3.12. The molecule has 114 valence electrons. The minimum absolute atomic E-state index is 0.126. The number of hydrogen-bond donors (Lipinski definition) is 1. The lowest BCUT2D eigenvalue weighted by molar-refractivity contribution is -0.890. The molecule has 0 radical (unpaired) electrons. The molecule has 0 saturated heterocycles. The van der Waals surface area contributed by atoms with Gasteiger partial charge < -0.3 is 14.2 Å². The highest BCUT2D eigenvalue weighted by molar-refractivity contribution is 5.91. The Morgan fingerprint density at radius 1 is 1.43 bits per heavy atom. The van der Waals surface area contributed by atoms with Crippen LogP contribution in [0.15, 0.2) is 24.4 Å². The Labute approximate surface area is 131 Å². The molecule has 4 nitrogen and oxygen atoms in total. The van der Waals surface area contributed by atoms with Crippen LogP contribution in [0.3, 0.4) is 0 Å². The summed E-state index contributed by atoms with van der Waals surface area (Å²) in [6.45, 7) is 1.52. The molecule has 1 aromatic carbocycles. The van der Waals surface area contributed by atoms with Crippen LogP contribution in [0, 0.1) is 0 Å². The van der Waals surface area contributed by atoms with E-state index in [4.69, 9.17) is 10.2 Å². The number of likely N-dealkylation sites (N-methyl/N-ethyl adjacent to an activating group) is 1. The van der Waals surface area contributed by atoms with E-state index in [0.717, 1.165) is 6.42 Å². The number of quaternary nitrogens is 1. The van der Waals surface area contributed by atoms with Crippen molar-refractivity contribution in [3.63, 3.8) is 0 Å². The zero-order valence-electron chi connectivity index (χ0n) is 17.0. The van der Waals surface area contributed by atoms with E-state index in [9.17, 15) is 4.79 Å². The van der Waals surface area contributed by atoms with Crippen molar-refractivity contribution in [2.45, 2.75) is 26.6 Å². The lowest BCUT2D eigenvalue weighted by atomic mass is 10.1. The Balaban J connectivity index is 2.65. The number of nitrogens with zero attached hydrogens (tertiary/aromatic N) is 1. The van der Waals surface area contributed by atoms with Crippen LogP contribution < -0.4 is 4.74 Å². The molecule has 2 aromatic rings. The molecule has 0 atom stereocenters. The van der Waals surface area contributed by atoms with E-state index in [-0.39, 0.29) is 15.8 Å². The monoisotopic (exact) mass is 293 g/mol. The normalized spacial score (nSPS) is 16.0. The average Bonchev–Trinajstić information content (AvgIpc) is 2.92. The van der Waals surface area contributed by atoms with Gasteiger partial charge in [-0.1, -0.05) is 13.0 Å². The van der Waals surface area contributed by atoms with Gasteiger partial charge in [-0.25, -0.2) is 0 Å².